The molecule has 8 nitrogen and oxygen atoms in total. The number of hydrogen-bond donors (Lipinski definition) is 4. The van der Waals surface area contributed by atoms with Crippen LogP contribution in [0.15, 0.2) is 0 Å². The summed E-state index contributed by atoms with van der Waals surface area (Å²) in [6, 6.07) is 0. The van der Waals surface area contributed by atoms with Gasteiger partial charge in [-0.3, -0.25) is 18.7 Å². The van der Waals surface area contributed by atoms with Crippen LogP contribution in [0.1, 0.15) is 116 Å². The summed E-state index contributed by atoms with van der Waals surface area (Å²) in [6.07, 6.45) is 16.6. The maximum Gasteiger partial charge on any atom is 0.391 e. The van der Waals surface area contributed by atoms with Gasteiger partial charge in [0.15, 0.2) is 0 Å². The molecule has 30 heavy (non-hydrogen) atoms. The summed E-state index contributed by atoms with van der Waals surface area (Å²) in [5.74, 6) is 0. The highest BCUT2D eigenvalue weighted by Gasteiger charge is 2.24. The van der Waals surface area contributed by atoms with Gasteiger partial charge in [-0.1, -0.05) is 89.9 Å². The highest BCUT2D eigenvalue weighted by Crippen LogP contribution is 2.38. The Kier molecular flexibility index (Phi) is 17.0. The van der Waals surface area contributed by atoms with Crippen LogP contribution in [0.4, 0.5) is 0 Å². The molecule has 4 N–H and O–H groups in total. The molecule has 0 aliphatic rings. The van der Waals surface area contributed by atoms with E-state index >= 15 is 0 Å². The maximum atomic E-state index is 11.1. The molecule has 0 aromatic heterocycles. The Balaban J connectivity index is 3.23. The smallest absolute Gasteiger partial charge is 0.319 e. The summed E-state index contributed by atoms with van der Waals surface area (Å²) in [5, 5.41) is 0. The third-order valence-corrected chi connectivity index (χ3v) is 6.93. The third-order valence-electron chi connectivity index (χ3n) is 5.18. The minimum Gasteiger partial charge on any atom is -0.319 e. The van der Waals surface area contributed by atoms with Gasteiger partial charge in [-0.2, -0.15) is 0 Å². The number of unbranched alkanes of at least 4 members (excludes halogenated alkanes) is 15. The van der Waals surface area contributed by atoms with E-state index in [0.717, 1.165) is 51.4 Å². The first kappa shape index (κ1) is 29.6. The Hall–Kier alpha value is -0.360. The first-order chi connectivity index (χ1) is 14.0. The molecule has 10 heteroatoms. The van der Waals surface area contributed by atoms with E-state index in [4.69, 9.17) is 19.6 Å². The summed E-state index contributed by atoms with van der Waals surface area (Å²) < 4.78 is 21.4. The molecule has 0 bridgehead atoms. The molecule has 0 heterocycles. The predicted molar refractivity (Wildman–Crippen MR) is 117 cm³/mol. The molecule has 0 aliphatic carbocycles. The summed E-state index contributed by atoms with van der Waals surface area (Å²) in [5.41, 5.74) is -1.89. The Morgan fingerprint density at radius 1 is 0.400 bits per heavy atom. The van der Waals surface area contributed by atoms with E-state index in [9.17, 15) is 18.7 Å². The molecule has 178 valence electrons. The van der Waals surface area contributed by atoms with Crippen LogP contribution >= 0.6 is 15.2 Å². The lowest BCUT2D eigenvalue weighted by atomic mass is 10.0. The van der Waals surface area contributed by atoms with Crippen LogP contribution in [0.2, 0.25) is 0 Å². The van der Waals surface area contributed by atoms with Crippen molar-refractivity contribution >= 4 is 26.2 Å². The standard InChI is InChI=1S/C20H40O8P2/c21-19(29(23,24)25)17-15-13-11-9-7-5-3-1-2-4-6-8-10-12-14-16-18-20(22)30(26,27)28/h1-18H2,(H2,23,24,25)(H2,26,27,28). The molecular formula is C20H40O8P2. The molecule has 0 amide bonds. The predicted octanol–water partition coefficient (Wildman–Crippen LogP) is 5.42. The zero-order valence-electron chi connectivity index (χ0n) is 18.0. The van der Waals surface area contributed by atoms with Crippen molar-refractivity contribution in [3.8, 4) is 0 Å². The Morgan fingerprint density at radius 2 is 0.567 bits per heavy atom. The average Bonchev–Trinajstić information content (AvgIpc) is 2.65. The molecule has 0 fully saturated rings. The van der Waals surface area contributed by atoms with E-state index in [1.165, 1.54) is 38.5 Å². The lowest BCUT2D eigenvalue weighted by Crippen LogP contribution is -1.98. The van der Waals surface area contributed by atoms with E-state index in [-0.39, 0.29) is 12.8 Å². The number of carbonyl (C=O) groups excluding carboxylic acids is 2. The SMILES string of the molecule is O=C(CCCCCCCCCCCCCCCCCCC(=O)P(=O)(O)O)P(=O)(O)O. The fourth-order valence-corrected chi connectivity index (χ4v) is 4.22. The third kappa shape index (κ3) is 18.4. The fraction of sp³-hybridized carbons (Fsp3) is 0.900. The van der Waals surface area contributed by atoms with Crippen molar-refractivity contribution in [1.29, 1.82) is 0 Å². The zero-order chi connectivity index (χ0) is 22.9. The van der Waals surface area contributed by atoms with Crippen molar-refractivity contribution in [3.63, 3.8) is 0 Å². The van der Waals surface area contributed by atoms with E-state index in [1.54, 1.807) is 0 Å². The van der Waals surface area contributed by atoms with E-state index in [0.29, 0.717) is 12.8 Å². The molecule has 0 aliphatic heterocycles. The van der Waals surface area contributed by atoms with Crippen LogP contribution in [0, 0.1) is 0 Å². The Bertz CT molecular complexity index is 517. The van der Waals surface area contributed by atoms with Gasteiger partial charge in [-0.25, -0.2) is 0 Å². The molecule has 0 spiro atoms. The van der Waals surface area contributed by atoms with Gasteiger partial charge < -0.3 is 19.6 Å². The fourth-order valence-electron chi connectivity index (χ4n) is 3.32. The molecule has 0 rings (SSSR count). The van der Waals surface area contributed by atoms with Crippen molar-refractivity contribution in [2.45, 2.75) is 116 Å². The zero-order valence-corrected chi connectivity index (χ0v) is 19.8. The molecule has 0 saturated carbocycles. The Morgan fingerprint density at radius 3 is 0.733 bits per heavy atom. The largest absolute Gasteiger partial charge is 0.391 e. The van der Waals surface area contributed by atoms with Gasteiger partial charge in [0, 0.05) is 12.8 Å². The van der Waals surface area contributed by atoms with Gasteiger partial charge in [0.2, 0.25) is 11.0 Å². The summed E-state index contributed by atoms with van der Waals surface area (Å²) >= 11 is 0. The lowest BCUT2D eigenvalue weighted by Gasteiger charge is -2.04. The molecule has 0 radical (unpaired) electrons. The average molecular weight is 470 g/mol. The van der Waals surface area contributed by atoms with Crippen molar-refractivity contribution in [2.24, 2.45) is 0 Å². The highest BCUT2D eigenvalue weighted by molar-refractivity contribution is 7.70. The van der Waals surface area contributed by atoms with Crippen LogP contribution < -0.4 is 0 Å². The number of hydrogen-bond acceptors (Lipinski definition) is 4. The first-order valence-electron chi connectivity index (χ1n) is 11.2. The summed E-state index contributed by atoms with van der Waals surface area (Å²) in [7, 11) is -9.06. The van der Waals surface area contributed by atoms with Crippen molar-refractivity contribution in [1.82, 2.24) is 0 Å². The second-order valence-corrected chi connectivity index (χ2v) is 11.2. The minimum atomic E-state index is -4.53. The van der Waals surface area contributed by atoms with E-state index in [2.05, 4.69) is 0 Å². The van der Waals surface area contributed by atoms with E-state index in [1.807, 2.05) is 0 Å². The van der Waals surface area contributed by atoms with Gasteiger partial charge in [-0.05, 0) is 12.8 Å². The van der Waals surface area contributed by atoms with Crippen LogP contribution in [-0.4, -0.2) is 30.6 Å². The maximum absolute atomic E-state index is 11.1. The van der Waals surface area contributed by atoms with Gasteiger partial charge >= 0.3 is 15.2 Å². The molecule has 0 saturated heterocycles. The second-order valence-electron chi connectivity index (χ2n) is 8.03. The van der Waals surface area contributed by atoms with Crippen LogP contribution in [0.25, 0.3) is 0 Å². The molecule has 0 unspecified atom stereocenters. The quantitative estimate of drug-likeness (QED) is 0.128. The molecular weight excluding hydrogens is 430 g/mol. The van der Waals surface area contributed by atoms with Gasteiger partial charge in [-0.15, -0.1) is 0 Å². The van der Waals surface area contributed by atoms with Gasteiger partial charge in [0.1, 0.15) is 0 Å². The topological polar surface area (TPSA) is 149 Å². The highest BCUT2D eigenvalue weighted by atomic mass is 31.2. The van der Waals surface area contributed by atoms with Crippen LogP contribution in [-0.2, 0) is 18.7 Å². The first-order valence-corrected chi connectivity index (χ1v) is 14.5. The summed E-state index contributed by atoms with van der Waals surface area (Å²) in [6.45, 7) is 0. The van der Waals surface area contributed by atoms with Crippen molar-refractivity contribution in [3.05, 3.63) is 0 Å². The van der Waals surface area contributed by atoms with Gasteiger partial charge in [0.05, 0.1) is 0 Å². The Labute approximate surface area is 180 Å². The van der Waals surface area contributed by atoms with Crippen LogP contribution in [0.3, 0.4) is 0 Å². The van der Waals surface area contributed by atoms with Crippen molar-refractivity contribution < 1.29 is 38.3 Å². The molecule has 0 aromatic carbocycles. The van der Waals surface area contributed by atoms with Crippen molar-refractivity contribution in [2.75, 3.05) is 0 Å². The normalized spacial score (nSPS) is 12.3. The lowest BCUT2D eigenvalue weighted by molar-refractivity contribution is -0.114. The second kappa shape index (κ2) is 17.2. The monoisotopic (exact) mass is 470 g/mol. The van der Waals surface area contributed by atoms with Crippen LogP contribution in [0.5, 0.6) is 0 Å². The minimum absolute atomic E-state index is 0.0272. The molecule has 0 aromatic rings. The van der Waals surface area contributed by atoms with E-state index < -0.39 is 26.2 Å². The van der Waals surface area contributed by atoms with Gasteiger partial charge in [0.25, 0.3) is 0 Å². The number of rotatable bonds is 21. The number of carbonyl (C=O) groups is 2. The molecule has 0 atom stereocenters. The summed E-state index contributed by atoms with van der Waals surface area (Å²) in [4.78, 5) is 56.9.